The molecule has 0 aromatic heterocycles. The van der Waals surface area contributed by atoms with Crippen LogP contribution >= 0.6 is 11.6 Å². The molecule has 0 aliphatic heterocycles. The predicted octanol–water partition coefficient (Wildman–Crippen LogP) is 4.09. The summed E-state index contributed by atoms with van der Waals surface area (Å²) < 4.78 is 19.3. The number of halogens is 2. The van der Waals surface area contributed by atoms with E-state index in [1.807, 2.05) is 17.0 Å². The number of nitrogens with zero attached hydrogens (tertiary/aromatic N) is 1. The lowest BCUT2D eigenvalue weighted by Gasteiger charge is -2.22. The summed E-state index contributed by atoms with van der Waals surface area (Å²) >= 11 is 6.12. The van der Waals surface area contributed by atoms with Crippen molar-refractivity contribution in [3.8, 4) is 5.75 Å². The number of hydrogen-bond acceptors (Lipinski definition) is 3. The van der Waals surface area contributed by atoms with Crippen molar-refractivity contribution in [2.45, 2.75) is 25.4 Å². The minimum atomic E-state index is -0.344. The topological polar surface area (TPSA) is 41.6 Å². The minimum Gasteiger partial charge on any atom is -0.495 e. The quantitative estimate of drug-likeness (QED) is 0.806. The molecule has 1 aliphatic rings. The first kappa shape index (κ1) is 17.7. The Hall–Kier alpha value is -2.11. The number of nitrogens with one attached hydrogen (secondary N) is 1. The maximum atomic E-state index is 14.0. The Morgan fingerprint density at radius 1 is 1.28 bits per heavy atom. The van der Waals surface area contributed by atoms with Crippen LogP contribution < -0.4 is 10.1 Å². The minimum absolute atomic E-state index is 0.163. The Kier molecular flexibility index (Phi) is 5.56. The SMILES string of the molecule is COc1ccccc1NC(=O)CN(Cc1c(F)cccc1Cl)C1CC1. The molecule has 0 unspecified atom stereocenters. The lowest BCUT2D eigenvalue weighted by Crippen LogP contribution is -2.35. The monoisotopic (exact) mass is 362 g/mol. The molecule has 25 heavy (non-hydrogen) atoms. The van der Waals surface area contributed by atoms with Gasteiger partial charge in [-0.2, -0.15) is 0 Å². The molecule has 0 spiro atoms. The van der Waals surface area contributed by atoms with Crippen LogP contribution in [0.5, 0.6) is 5.75 Å². The van der Waals surface area contributed by atoms with Gasteiger partial charge < -0.3 is 10.1 Å². The number of ether oxygens (including phenoxy) is 1. The Balaban J connectivity index is 1.69. The summed E-state index contributed by atoms with van der Waals surface area (Å²) in [7, 11) is 1.56. The summed E-state index contributed by atoms with van der Waals surface area (Å²) in [5, 5.41) is 3.24. The largest absolute Gasteiger partial charge is 0.495 e. The van der Waals surface area contributed by atoms with Crippen LogP contribution in [0.25, 0.3) is 0 Å². The van der Waals surface area contributed by atoms with Crippen molar-refractivity contribution >= 4 is 23.2 Å². The molecule has 2 aromatic carbocycles. The smallest absolute Gasteiger partial charge is 0.238 e. The van der Waals surface area contributed by atoms with Crippen molar-refractivity contribution < 1.29 is 13.9 Å². The van der Waals surface area contributed by atoms with Crippen molar-refractivity contribution in [3.05, 3.63) is 58.9 Å². The van der Waals surface area contributed by atoms with Gasteiger partial charge in [-0.1, -0.05) is 29.8 Å². The number of methoxy groups -OCH3 is 1. The van der Waals surface area contributed by atoms with Gasteiger partial charge in [-0.3, -0.25) is 9.69 Å². The number of rotatable bonds is 7. The standard InChI is InChI=1S/C19H20ClFN2O2/c1-25-18-8-3-2-7-17(18)22-19(24)12-23(13-9-10-13)11-14-15(20)5-4-6-16(14)21/h2-8,13H,9-12H2,1H3,(H,22,24). The first-order valence-electron chi connectivity index (χ1n) is 8.18. The van der Waals surface area contributed by atoms with Gasteiger partial charge in [0.15, 0.2) is 0 Å². The molecule has 3 rings (SSSR count). The number of anilines is 1. The highest BCUT2D eigenvalue weighted by molar-refractivity contribution is 6.31. The van der Waals surface area contributed by atoms with Gasteiger partial charge in [-0.25, -0.2) is 4.39 Å². The molecular formula is C19H20ClFN2O2. The van der Waals surface area contributed by atoms with E-state index in [9.17, 15) is 9.18 Å². The van der Waals surface area contributed by atoms with E-state index in [0.29, 0.717) is 34.6 Å². The number of carbonyl (C=O) groups excluding carboxylic acids is 1. The van der Waals surface area contributed by atoms with E-state index in [4.69, 9.17) is 16.3 Å². The highest BCUT2D eigenvalue weighted by atomic mass is 35.5. The van der Waals surface area contributed by atoms with Crippen molar-refractivity contribution in [2.75, 3.05) is 19.0 Å². The van der Waals surface area contributed by atoms with Gasteiger partial charge >= 0.3 is 0 Å². The van der Waals surface area contributed by atoms with Gasteiger partial charge in [0.05, 0.1) is 19.3 Å². The molecule has 1 aliphatic carbocycles. The van der Waals surface area contributed by atoms with E-state index in [0.717, 1.165) is 12.8 Å². The van der Waals surface area contributed by atoms with Gasteiger partial charge in [-0.05, 0) is 37.1 Å². The zero-order valence-electron chi connectivity index (χ0n) is 14.0. The second-order valence-electron chi connectivity index (χ2n) is 6.08. The molecule has 0 saturated heterocycles. The van der Waals surface area contributed by atoms with Gasteiger partial charge in [0.1, 0.15) is 11.6 Å². The third kappa shape index (κ3) is 4.50. The Bertz CT molecular complexity index is 745. The van der Waals surface area contributed by atoms with Crippen LogP contribution in [0.1, 0.15) is 18.4 Å². The lowest BCUT2D eigenvalue weighted by atomic mass is 10.2. The number of hydrogen-bond donors (Lipinski definition) is 1. The Morgan fingerprint density at radius 3 is 2.72 bits per heavy atom. The van der Waals surface area contributed by atoms with E-state index >= 15 is 0 Å². The van der Waals surface area contributed by atoms with Gasteiger partial charge in [0, 0.05) is 23.2 Å². The van der Waals surface area contributed by atoms with E-state index in [2.05, 4.69) is 5.32 Å². The summed E-state index contributed by atoms with van der Waals surface area (Å²) in [6.45, 7) is 0.489. The highest BCUT2D eigenvalue weighted by Crippen LogP contribution is 2.31. The van der Waals surface area contributed by atoms with Crippen LogP contribution in [-0.4, -0.2) is 30.5 Å². The molecule has 0 radical (unpaired) electrons. The Morgan fingerprint density at radius 2 is 2.04 bits per heavy atom. The van der Waals surface area contributed by atoms with Crippen LogP contribution in [0.4, 0.5) is 10.1 Å². The Labute approximate surface area is 151 Å². The van der Waals surface area contributed by atoms with Crippen LogP contribution in [0, 0.1) is 5.82 Å². The highest BCUT2D eigenvalue weighted by Gasteiger charge is 2.31. The lowest BCUT2D eigenvalue weighted by molar-refractivity contribution is -0.117. The van der Waals surface area contributed by atoms with E-state index in [1.54, 1.807) is 31.4 Å². The average Bonchev–Trinajstić information content (AvgIpc) is 3.42. The van der Waals surface area contributed by atoms with E-state index in [1.165, 1.54) is 6.07 Å². The van der Waals surface area contributed by atoms with Crippen LogP contribution in [0.15, 0.2) is 42.5 Å². The molecule has 4 nitrogen and oxygen atoms in total. The van der Waals surface area contributed by atoms with Crippen molar-refractivity contribution in [3.63, 3.8) is 0 Å². The first-order chi connectivity index (χ1) is 12.1. The number of para-hydroxylation sites is 2. The maximum absolute atomic E-state index is 14.0. The van der Waals surface area contributed by atoms with Crippen molar-refractivity contribution in [1.82, 2.24) is 4.90 Å². The fourth-order valence-electron chi connectivity index (χ4n) is 2.76. The summed E-state index contributed by atoms with van der Waals surface area (Å²) in [5.41, 5.74) is 1.05. The first-order valence-corrected chi connectivity index (χ1v) is 8.56. The molecule has 0 bridgehead atoms. The molecular weight excluding hydrogens is 343 g/mol. The fourth-order valence-corrected chi connectivity index (χ4v) is 2.99. The zero-order chi connectivity index (χ0) is 17.8. The van der Waals surface area contributed by atoms with Crippen LogP contribution in [0.2, 0.25) is 5.02 Å². The molecule has 0 heterocycles. The van der Waals surface area contributed by atoms with Crippen molar-refractivity contribution in [1.29, 1.82) is 0 Å². The molecule has 1 N–H and O–H groups in total. The second-order valence-corrected chi connectivity index (χ2v) is 6.49. The summed E-state index contributed by atoms with van der Waals surface area (Å²) in [5.74, 6) is 0.0955. The van der Waals surface area contributed by atoms with Crippen molar-refractivity contribution in [2.24, 2.45) is 0 Å². The molecule has 0 atom stereocenters. The molecule has 1 saturated carbocycles. The van der Waals surface area contributed by atoms with Gasteiger partial charge in [0.2, 0.25) is 5.91 Å². The average molecular weight is 363 g/mol. The van der Waals surface area contributed by atoms with Crippen LogP contribution in [-0.2, 0) is 11.3 Å². The van der Waals surface area contributed by atoms with Gasteiger partial charge in [-0.15, -0.1) is 0 Å². The van der Waals surface area contributed by atoms with E-state index in [-0.39, 0.29) is 18.3 Å². The molecule has 2 aromatic rings. The number of carbonyl (C=O) groups is 1. The number of amides is 1. The number of benzene rings is 2. The second kappa shape index (κ2) is 7.85. The molecule has 132 valence electrons. The van der Waals surface area contributed by atoms with Gasteiger partial charge in [0.25, 0.3) is 0 Å². The van der Waals surface area contributed by atoms with Crippen LogP contribution in [0.3, 0.4) is 0 Å². The normalized spacial score (nSPS) is 13.8. The fraction of sp³-hybridized carbons (Fsp3) is 0.316. The summed E-state index contributed by atoms with van der Waals surface area (Å²) in [4.78, 5) is 14.4. The summed E-state index contributed by atoms with van der Waals surface area (Å²) in [6, 6.07) is 12.2. The predicted molar refractivity (Wildman–Crippen MR) is 96.5 cm³/mol. The zero-order valence-corrected chi connectivity index (χ0v) is 14.7. The third-order valence-electron chi connectivity index (χ3n) is 4.21. The molecule has 1 fully saturated rings. The van der Waals surface area contributed by atoms with E-state index < -0.39 is 0 Å². The molecule has 1 amide bonds. The third-order valence-corrected chi connectivity index (χ3v) is 4.57. The molecule has 6 heteroatoms. The summed E-state index contributed by atoms with van der Waals surface area (Å²) in [6.07, 6.45) is 2.02. The maximum Gasteiger partial charge on any atom is 0.238 e.